The Morgan fingerprint density at radius 3 is 2.65 bits per heavy atom. The Hall–Kier alpha value is -1.48. The molecule has 2 heterocycles. The third-order valence-electron chi connectivity index (χ3n) is 2.67. The van der Waals surface area contributed by atoms with Gasteiger partial charge in [0.1, 0.15) is 10.8 Å². The molecule has 4 heteroatoms. The number of hydrogen-bond acceptors (Lipinski definition) is 3. The lowest BCUT2D eigenvalue weighted by Gasteiger charge is -2.07. The van der Waals surface area contributed by atoms with Crippen LogP contribution in [0.2, 0.25) is 5.15 Å². The molecule has 0 aliphatic heterocycles. The highest BCUT2D eigenvalue weighted by molar-refractivity contribution is 6.30. The van der Waals surface area contributed by atoms with Crippen molar-refractivity contribution >= 4 is 11.6 Å². The largest absolute Gasteiger partial charge is 0.253 e. The van der Waals surface area contributed by atoms with Gasteiger partial charge in [0.25, 0.3) is 0 Å². The van der Waals surface area contributed by atoms with Crippen molar-refractivity contribution in [1.82, 2.24) is 15.0 Å². The summed E-state index contributed by atoms with van der Waals surface area (Å²) in [5, 5.41) is 0.509. The molecule has 0 aromatic carbocycles. The molecule has 0 saturated heterocycles. The van der Waals surface area contributed by atoms with Crippen LogP contribution < -0.4 is 0 Å². The summed E-state index contributed by atoms with van der Waals surface area (Å²) < 4.78 is 0. The third kappa shape index (κ3) is 2.44. The van der Waals surface area contributed by atoms with Crippen molar-refractivity contribution in [3.63, 3.8) is 0 Å². The minimum absolute atomic E-state index is 0.509. The summed E-state index contributed by atoms with van der Waals surface area (Å²) >= 11 is 6.11. The van der Waals surface area contributed by atoms with Crippen molar-refractivity contribution in [3.05, 3.63) is 40.3 Å². The molecule has 0 N–H and O–H groups in total. The maximum absolute atomic E-state index is 6.11. The van der Waals surface area contributed by atoms with Gasteiger partial charge in [0.2, 0.25) is 0 Å². The molecule has 2 rings (SSSR count). The van der Waals surface area contributed by atoms with Crippen LogP contribution in [0.4, 0.5) is 0 Å². The lowest BCUT2D eigenvalue weighted by molar-refractivity contribution is 0.970. The second kappa shape index (κ2) is 4.80. The van der Waals surface area contributed by atoms with Crippen LogP contribution in [0, 0.1) is 13.8 Å². The predicted octanol–water partition coefficient (Wildman–Crippen LogP) is 3.37. The van der Waals surface area contributed by atoms with Crippen LogP contribution >= 0.6 is 11.6 Å². The second-order valence-electron chi connectivity index (χ2n) is 3.98. The number of pyridine rings is 1. The van der Waals surface area contributed by atoms with Gasteiger partial charge in [0.15, 0.2) is 5.82 Å². The van der Waals surface area contributed by atoms with Crippen LogP contribution in [-0.4, -0.2) is 15.0 Å². The number of aryl methyl sites for hydroxylation is 2. The standard InChI is InChI=1S/C13H14ClN3/c1-4-10-9(3)12(14)17-13(16-10)11-7-8(2)5-6-15-11/h5-7H,4H2,1-3H3. The lowest BCUT2D eigenvalue weighted by Crippen LogP contribution is -2.00. The molecule has 0 amide bonds. The van der Waals surface area contributed by atoms with Crippen molar-refractivity contribution < 1.29 is 0 Å². The van der Waals surface area contributed by atoms with Gasteiger partial charge in [-0.25, -0.2) is 9.97 Å². The van der Waals surface area contributed by atoms with E-state index in [-0.39, 0.29) is 0 Å². The van der Waals surface area contributed by atoms with Gasteiger partial charge in [-0.15, -0.1) is 0 Å². The van der Waals surface area contributed by atoms with E-state index < -0.39 is 0 Å². The first-order chi connectivity index (χ1) is 8.11. The fourth-order valence-corrected chi connectivity index (χ4v) is 1.84. The molecule has 2 aromatic heterocycles. The zero-order valence-corrected chi connectivity index (χ0v) is 10.9. The second-order valence-corrected chi connectivity index (χ2v) is 4.34. The first-order valence-electron chi connectivity index (χ1n) is 5.58. The highest BCUT2D eigenvalue weighted by atomic mass is 35.5. The molecule has 88 valence electrons. The summed E-state index contributed by atoms with van der Waals surface area (Å²) in [5.74, 6) is 0.598. The number of hydrogen-bond donors (Lipinski definition) is 0. The van der Waals surface area contributed by atoms with Crippen molar-refractivity contribution in [1.29, 1.82) is 0 Å². The SMILES string of the molecule is CCc1nc(-c2cc(C)ccn2)nc(Cl)c1C. The molecule has 17 heavy (non-hydrogen) atoms. The Labute approximate surface area is 106 Å². The molecule has 0 saturated carbocycles. The van der Waals surface area contributed by atoms with Gasteiger partial charge in [-0.3, -0.25) is 4.98 Å². The molecular weight excluding hydrogens is 234 g/mol. The first kappa shape index (κ1) is 12.0. The van der Waals surface area contributed by atoms with Gasteiger partial charge < -0.3 is 0 Å². The number of rotatable bonds is 2. The summed E-state index contributed by atoms with van der Waals surface area (Å²) in [5.41, 5.74) is 3.82. The Morgan fingerprint density at radius 1 is 1.24 bits per heavy atom. The quantitative estimate of drug-likeness (QED) is 0.764. The molecule has 0 unspecified atom stereocenters. The molecule has 0 bridgehead atoms. The van der Waals surface area contributed by atoms with Crippen LogP contribution in [-0.2, 0) is 6.42 Å². The van der Waals surface area contributed by atoms with E-state index >= 15 is 0 Å². The van der Waals surface area contributed by atoms with Crippen LogP contribution in [0.1, 0.15) is 23.7 Å². The van der Waals surface area contributed by atoms with E-state index in [0.717, 1.165) is 28.9 Å². The molecule has 0 aliphatic carbocycles. The summed E-state index contributed by atoms with van der Waals surface area (Å²) in [6, 6.07) is 3.90. The Kier molecular flexibility index (Phi) is 3.38. The minimum atomic E-state index is 0.509. The maximum atomic E-state index is 6.11. The molecule has 3 nitrogen and oxygen atoms in total. The predicted molar refractivity (Wildman–Crippen MR) is 69.1 cm³/mol. The first-order valence-corrected chi connectivity index (χ1v) is 5.95. The van der Waals surface area contributed by atoms with Crippen LogP contribution in [0.5, 0.6) is 0 Å². The molecule has 0 spiro atoms. The van der Waals surface area contributed by atoms with Crippen LogP contribution in [0.15, 0.2) is 18.3 Å². The zero-order valence-electron chi connectivity index (χ0n) is 10.2. The number of nitrogens with zero attached hydrogens (tertiary/aromatic N) is 3. The highest BCUT2D eigenvalue weighted by Crippen LogP contribution is 2.21. The average molecular weight is 248 g/mol. The van der Waals surface area contributed by atoms with E-state index in [0.29, 0.717) is 11.0 Å². The fraction of sp³-hybridized carbons (Fsp3) is 0.308. The van der Waals surface area contributed by atoms with Crippen molar-refractivity contribution in [2.75, 3.05) is 0 Å². The zero-order chi connectivity index (χ0) is 12.4. The van der Waals surface area contributed by atoms with Gasteiger partial charge in [0.05, 0.1) is 0 Å². The summed E-state index contributed by atoms with van der Waals surface area (Å²) in [7, 11) is 0. The smallest absolute Gasteiger partial charge is 0.179 e. The molecule has 0 atom stereocenters. The highest BCUT2D eigenvalue weighted by Gasteiger charge is 2.10. The minimum Gasteiger partial charge on any atom is -0.253 e. The molecule has 0 aliphatic rings. The van der Waals surface area contributed by atoms with Crippen LogP contribution in [0.3, 0.4) is 0 Å². The van der Waals surface area contributed by atoms with E-state index in [9.17, 15) is 0 Å². The fourth-order valence-electron chi connectivity index (χ4n) is 1.65. The summed E-state index contributed by atoms with van der Waals surface area (Å²) in [4.78, 5) is 13.1. The average Bonchev–Trinajstić information content (AvgIpc) is 2.32. The summed E-state index contributed by atoms with van der Waals surface area (Å²) in [6.07, 6.45) is 2.60. The molecular formula is C13H14ClN3. The van der Waals surface area contributed by atoms with Crippen molar-refractivity contribution in [3.8, 4) is 11.5 Å². The number of halogens is 1. The van der Waals surface area contributed by atoms with Gasteiger partial charge >= 0.3 is 0 Å². The monoisotopic (exact) mass is 247 g/mol. The van der Waals surface area contributed by atoms with Crippen molar-refractivity contribution in [2.45, 2.75) is 27.2 Å². The normalized spacial score (nSPS) is 10.6. The Bertz CT molecular complexity index is 552. The van der Waals surface area contributed by atoms with Gasteiger partial charge in [-0.05, 0) is 38.0 Å². The van der Waals surface area contributed by atoms with E-state index in [2.05, 4.69) is 21.9 Å². The van der Waals surface area contributed by atoms with Gasteiger partial charge in [-0.2, -0.15) is 0 Å². The van der Waals surface area contributed by atoms with E-state index in [1.165, 1.54) is 0 Å². The Morgan fingerprint density at radius 2 is 2.00 bits per heavy atom. The van der Waals surface area contributed by atoms with E-state index in [1.807, 2.05) is 26.0 Å². The number of aromatic nitrogens is 3. The third-order valence-corrected chi connectivity index (χ3v) is 3.03. The van der Waals surface area contributed by atoms with Gasteiger partial charge in [-0.1, -0.05) is 18.5 Å². The molecule has 2 aromatic rings. The Balaban J connectivity index is 2.56. The van der Waals surface area contributed by atoms with Crippen molar-refractivity contribution in [2.24, 2.45) is 0 Å². The lowest BCUT2D eigenvalue weighted by atomic mass is 10.2. The maximum Gasteiger partial charge on any atom is 0.179 e. The molecule has 0 radical (unpaired) electrons. The van der Waals surface area contributed by atoms with Gasteiger partial charge in [0, 0.05) is 17.5 Å². The molecule has 0 fully saturated rings. The van der Waals surface area contributed by atoms with Crippen LogP contribution in [0.25, 0.3) is 11.5 Å². The van der Waals surface area contributed by atoms with E-state index in [4.69, 9.17) is 11.6 Å². The topological polar surface area (TPSA) is 38.7 Å². The van der Waals surface area contributed by atoms with E-state index in [1.54, 1.807) is 6.20 Å². The summed E-state index contributed by atoms with van der Waals surface area (Å²) in [6.45, 7) is 6.01.